The molecule has 0 radical (unpaired) electrons. The van der Waals surface area contributed by atoms with Crippen molar-refractivity contribution in [3.63, 3.8) is 0 Å². The molecule has 2 rings (SSSR count). The molecule has 0 saturated carbocycles. The number of thioether (sulfide) groups is 2. The normalized spacial score (nSPS) is 11.3. The van der Waals surface area contributed by atoms with Crippen LogP contribution in [0.3, 0.4) is 0 Å². The van der Waals surface area contributed by atoms with Crippen molar-refractivity contribution < 1.29 is 9.13 Å². The van der Waals surface area contributed by atoms with Crippen LogP contribution in [-0.2, 0) is 24.6 Å². The third kappa shape index (κ3) is 17.6. The van der Waals surface area contributed by atoms with E-state index in [1.165, 1.54) is 125 Å². The highest BCUT2D eigenvalue weighted by Crippen LogP contribution is 2.16. The number of nitrogens with zero attached hydrogens (tertiary/aromatic N) is 2. The summed E-state index contributed by atoms with van der Waals surface area (Å²) in [5, 5.41) is 0. The van der Waals surface area contributed by atoms with Crippen molar-refractivity contribution in [1.29, 1.82) is 0 Å². The van der Waals surface area contributed by atoms with E-state index >= 15 is 0 Å². The summed E-state index contributed by atoms with van der Waals surface area (Å²) in [4.78, 5) is 0. The summed E-state index contributed by atoms with van der Waals surface area (Å²) in [6, 6.07) is 9.27. The summed E-state index contributed by atoms with van der Waals surface area (Å²) in [5.41, 5.74) is 2.91. The van der Waals surface area contributed by atoms with E-state index in [4.69, 9.17) is 0 Å². The number of rotatable bonds is 25. The van der Waals surface area contributed by atoms with Gasteiger partial charge in [0.2, 0.25) is 0 Å². The third-order valence-corrected chi connectivity index (χ3v) is 9.69. The van der Waals surface area contributed by atoms with Crippen molar-refractivity contribution in [3.8, 4) is 0 Å². The zero-order chi connectivity index (χ0) is 26.9. The molecule has 0 spiro atoms. The first-order valence-corrected chi connectivity index (χ1v) is 18.2. The fraction of sp³-hybridized carbons (Fsp3) is 0.706. The van der Waals surface area contributed by atoms with Crippen LogP contribution < -0.4 is 9.13 Å². The highest BCUT2D eigenvalue weighted by molar-refractivity contribution is 8.02. The molecule has 0 saturated heterocycles. The predicted octanol–water partition coefficient (Wildman–Crippen LogP) is 9.71. The summed E-state index contributed by atoms with van der Waals surface area (Å²) in [7, 11) is 0. The molecule has 0 amide bonds. The van der Waals surface area contributed by atoms with Gasteiger partial charge in [0.15, 0.2) is 24.8 Å². The van der Waals surface area contributed by atoms with Crippen LogP contribution in [0.4, 0.5) is 0 Å². The average Bonchev–Trinajstić information content (AvgIpc) is 2.95. The van der Waals surface area contributed by atoms with E-state index in [-0.39, 0.29) is 0 Å². The van der Waals surface area contributed by atoms with Crippen LogP contribution in [0.5, 0.6) is 0 Å². The molecule has 0 bridgehead atoms. The topological polar surface area (TPSA) is 7.76 Å². The van der Waals surface area contributed by atoms with Gasteiger partial charge in [-0.15, -0.1) is 0 Å². The Labute approximate surface area is 244 Å². The van der Waals surface area contributed by atoms with Crippen molar-refractivity contribution in [2.75, 3.05) is 11.5 Å². The first-order chi connectivity index (χ1) is 18.8. The number of pyridine rings is 2. The Hall–Kier alpha value is -1.00. The van der Waals surface area contributed by atoms with Crippen LogP contribution in [0.25, 0.3) is 0 Å². The van der Waals surface area contributed by atoms with E-state index in [0.29, 0.717) is 0 Å². The summed E-state index contributed by atoms with van der Waals surface area (Å²) in [6.45, 7) is 6.91. The Morgan fingerprint density at radius 3 is 1.11 bits per heavy atom. The number of aryl methyl sites for hydroxylation is 2. The highest BCUT2D eigenvalue weighted by Gasteiger charge is 2.04. The van der Waals surface area contributed by atoms with Crippen LogP contribution in [0.15, 0.2) is 49.1 Å². The van der Waals surface area contributed by atoms with Gasteiger partial charge in [-0.1, -0.05) is 90.9 Å². The molecule has 4 heteroatoms. The van der Waals surface area contributed by atoms with E-state index < -0.39 is 0 Å². The van der Waals surface area contributed by atoms with Gasteiger partial charge in [-0.2, -0.15) is 23.5 Å². The zero-order valence-corrected chi connectivity index (χ0v) is 26.5. The fourth-order valence-electron chi connectivity index (χ4n) is 4.82. The van der Waals surface area contributed by atoms with Crippen molar-refractivity contribution in [1.82, 2.24) is 0 Å². The summed E-state index contributed by atoms with van der Waals surface area (Å²) >= 11 is 4.13. The molecule has 38 heavy (non-hydrogen) atoms. The Morgan fingerprint density at radius 1 is 0.447 bits per heavy atom. The highest BCUT2D eigenvalue weighted by atomic mass is 32.2. The molecule has 0 fully saturated rings. The van der Waals surface area contributed by atoms with Crippen LogP contribution in [0, 0.1) is 0 Å². The van der Waals surface area contributed by atoms with Crippen molar-refractivity contribution >= 4 is 23.5 Å². The SMILES string of the molecule is CCCCCCCCCC[n+]1ccc(CSCCSCc2cc[n+](CCCCCCCCCC)cc2)cc1. The minimum absolute atomic E-state index is 1.13. The van der Waals surface area contributed by atoms with Gasteiger partial charge in [-0.05, 0) is 24.0 Å². The molecule has 0 unspecified atom stereocenters. The van der Waals surface area contributed by atoms with Crippen molar-refractivity contribution in [2.45, 2.75) is 141 Å². The van der Waals surface area contributed by atoms with Crippen LogP contribution in [-0.4, -0.2) is 11.5 Å². The van der Waals surface area contributed by atoms with Gasteiger partial charge in [0.05, 0.1) is 0 Å². The smallest absolute Gasteiger partial charge is 0.169 e. The number of aromatic nitrogens is 2. The summed E-state index contributed by atoms with van der Waals surface area (Å²) in [6.07, 6.45) is 31.3. The Balaban J connectivity index is 1.44. The number of hydrogen-bond acceptors (Lipinski definition) is 2. The molecule has 2 aromatic heterocycles. The van der Waals surface area contributed by atoms with E-state index in [9.17, 15) is 0 Å². The quantitative estimate of drug-likeness (QED) is 0.0885. The van der Waals surface area contributed by atoms with Gasteiger partial charge >= 0.3 is 0 Å². The van der Waals surface area contributed by atoms with Gasteiger partial charge in [0.25, 0.3) is 0 Å². The maximum Gasteiger partial charge on any atom is 0.169 e. The molecule has 0 aromatic carbocycles. The second kappa shape index (κ2) is 23.9. The standard InChI is InChI=1S/C34H58N2S2/c1-3-5-7-9-11-13-15-17-23-35-25-19-33(20-26-35)31-37-29-30-38-32-34-21-27-36(28-22-34)24-18-16-14-12-10-8-6-4-2/h19-22,25-28H,3-18,23-24,29-32H2,1-2H3/q+2. The molecule has 2 heterocycles. The molecular formula is C34H58N2S2+2. The monoisotopic (exact) mass is 558 g/mol. The second-order valence-electron chi connectivity index (χ2n) is 10.9. The summed E-state index contributed by atoms with van der Waals surface area (Å²) in [5.74, 6) is 4.71. The van der Waals surface area contributed by atoms with Gasteiger partial charge < -0.3 is 0 Å². The molecule has 2 nitrogen and oxygen atoms in total. The summed E-state index contributed by atoms with van der Waals surface area (Å²) < 4.78 is 4.72. The van der Waals surface area contributed by atoms with Gasteiger partial charge in [-0.3, -0.25) is 0 Å². The lowest BCUT2D eigenvalue weighted by Crippen LogP contribution is -2.32. The molecule has 0 atom stereocenters. The van der Waals surface area contributed by atoms with E-state index in [2.05, 4.69) is 95.6 Å². The third-order valence-electron chi connectivity index (χ3n) is 7.37. The van der Waals surface area contributed by atoms with Gasteiger partial charge in [0.1, 0.15) is 13.1 Å². The molecule has 0 aliphatic heterocycles. The van der Waals surface area contributed by atoms with E-state index in [0.717, 1.165) is 24.6 Å². The number of hydrogen-bond donors (Lipinski definition) is 0. The van der Waals surface area contributed by atoms with E-state index in [1.54, 1.807) is 0 Å². The lowest BCUT2D eigenvalue weighted by atomic mass is 10.1. The maximum atomic E-state index is 2.36. The molecule has 214 valence electrons. The van der Waals surface area contributed by atoms with Gasteiger partial charge in [-0.25, -0.2) is 9.13 Å². The molecular weight excluding hydrogens is 501 g/mol. The molecule has 0 N–H and O–H groups in total. The van der Waals surface area contributed by atoms with E-state index in [1.807, 2.05) is 0 Å². The average molecular weight is 559 g/mol. The fourth-order valence-corrected chi connectivity index (χ4v) is 6.91. The minimum atomic E-state index is 1.13. The van der Waals surface area contributed by atoms with Crippen molar-refractivity contribution in [2.24, 2.45) is 0 Å². The van der Waals surface area contributed by atoms with Crippen LogP contribution >= 0.6 is 23.5 Å². The van der Waals surface area contributed by atoms with Crippen LogP contribution in [0.1, 0.15) is 128 Å². The lowest BCUT2D eigenvalue weighted by molar-refractivity contribution is -0.697. The zero-order valence-electron chi connectivity index (χ0n) is 24.9. The minimum Gasteiger partial charge on any atom is -0.205 e. The largest absolute Gasteiger partial charge is 0.205 e. The Morgan fingerprint density at radius 2 is 0.763 bits per heavy atom. The first-order valence-electron chi connectivity index (χ1n) is 15.9. The van der Waals surface area contributed by atoms with Gasteiger partial charge in [0, 0.05) is 60.1 Å². The lowest BCUT2D eigenvalue weighted by Gasteiger charge is -2.04. The molecule has 0 aliphatic rings. The van der Waals surface area contributed by atoms with Crippen molar-refractivity contribution in [3.05, 3.63) is 60.2 Å². The molecule has 0 aliphatic carbocycles. The molecule has 2 aromatic rings. The Kier molecular flexibility index (Phi) is 20.8. The maximum absolute atomic E-state index is 2.36. The predicted molar refractivity (Wildman–Crippen MR) is 171 cm³/mol. The first kappa shape index (κ1) is 33.2. The number of unbranched alkanes of at least 4 members (excludes halogenated alkanes) is 14. The Bertz CT molecular complexity index is 709. The second-order valence-corrected chi connectivity index (χ2v) is 13.2. The van der Waals surface area contributed by atoms with Crippen LogP contribution in [0.2, 0.25) is 0 Å².